The summed E-state index contributed by atoms with van der Waals surface area (Å²) in [5.74, 6) is -0.962. The number of rotatable bonds is 3. The van der Waals surface area contributed by atoms with E-state index < -0.39 is 27.4 Å². The lowest BCUT2D eigenvalue weighted by Crippen LogP contribution is -2.59. The first-order valence-corrected chi connectivity index (χ1v) is 6.22. The Morgan fingerprint density at radius 2 is 2.00 bits per heavy atom. The molecule has 5 nitrogen and oxygen atoms in total. The third kappa shape index (κ3) is 1.76. The lowest BCUT2D eigenvalue weighted by atomic mass is 9.79. The fourth-order valence-corrected chi connectivity index (χ4v) is 2.89. The molecule has 0 aromatic rings. The Bertz CT molecular complexity index is 346. The monoisotopic (exact) mass is 221 g/mol. The van der Waals surface area contributed by atoms with Gasteiger partial charge in [0, 0.05) is 12.6 Å². The largest absolute Gasteiger partial charge is 0.481 e. The molecule has 1 N–H and O–H groups in total. The first-order valence-electron chi connectivity index (χ1n) is 4.37. The van der Waals surface area contributed by atoms with E-state index in [1.165, 1.54) is 4.31 Å². The number of hydrogen-bond donors (Lipinski definition) is 1. The van der Waals surface area contributed by atoms with Crippen molar-refractivity contribution in [1.29, 1.82) is 0 Å². The molecule has 6 heteroatoms. The molecule has 1 unspecified atom stereocenters. The van der Waals surface area contributed by atoms with E-state index in [-0.39, 0.29) is 0 Å². The van der Waals surface area contributed by atoms with Gasteiger partial charge in [-0.2, -0.15) is 4.31 Å². The van der Waals surface area contributed by atoms with Crippen molar-refractivity contribution in [3.63, 3.8) is 0 Å². The summed E-state index contributed by atoms with van der Waals surface area (Å²) in [7, 11) is -3.26. The van der Waals surface area contributed by atoms with Gasteiger partial charge in [0.1, 0.15) is 0 Å². The zero-order valence-corrected chi connectivity index (χ0v) is 9.34. The van der Waals surface area contributed by atoms with Gasteiger partial charge in [0.15, 0.2) is 0 Å². The van der Waals surface area contributed by atoms with Crippen molar-refractivity contribution in [2.75, 3.05) is 12.8 Å². The zero-order valence-electron chi connectivity index (χ0n) is 8.52. The van der Waals surface area contributed by atoms with E-state index in [1.54, 1.807) is 13.8 Å². The van der Waals surface area contributed by atoms with Crippen LogP contribution in [0.15, 0.2) is 0 Å². The second-order valence-corrected chi connectivity index (χ2v) is 6.14. The van der Waals surface area contributed by atoms with Crippen LogP contribution in [0.1, 0.15) is 20.3 Å². The van der Waals surface area contributed by atoms with Gasteiger partial charge in [0.05, 0.1) is 11.7 Å². The number of hydrogen-bond acceptors (Lipinski definition) is 3. The number of nitrogens with zero attached hydrogens (tertiary/aromatic N) is 1. The fraction of sp³-hybridized carbons (Fsp3) is 0.875. The summed E-state index contributed by atoms with van der Waals surface area (Å²) in [5, 5.41) is 8.94. The topological polar surface area (TPSA) is 74.7 Å². The van der Waals surface area contributed by atoms with Crippen LogP contribution in [-0.2, 0) is 14.8 Å². The molecule has 1 aliphatic heterocycles. The summed E-state index contributed by atoms with van der Waals surface area (Å²) in [5.41, 5.74) is -1.01. The standard InChI is InChI=1S/C8H15NO4S/c1-8(2,7(10)11)6-4-5-9(6)14(3,12)13/h6H,4-5H2,1-3H3,(H,10,11). The van der Waals surface area contributed by atoms with Crippen LogP contribution < -0.4 is 0 Å². The van der Waals surface area contributed by atoms with E-state index >= 15 is 0 Å². The molecule has 1 heterocycles. The maximum Gasteiger partial charge on any atom is 0.310 e. The van der Waals surface area contributed by atoms with E-state index in [2.05, 4.69) is 0 Å². The van der Waals surface area contributed by atoms with E-state index in [9.17, 15) is 13.2 Å². The summed E-state index contributed by atoms with van der Waals surface area (Å²) in [4.78, 5) is 10.9. The predicted molar refractivity (Wildman–Crippen MR) is 51.4 cm³/mol. The number of carboxylic acids is 1. The van der Waals surface area contributed by atoms with Gasteiger partial charge in [-0.15, -0.1) is 0 Å². The molecule has 1 aliphatic rings. The highest BCUT2D eigenvalue weighted by atomic mass is 32.2. The average Bonchev–Trinajstić information content (AvgIpc) is 1.77. The SMILES string of the molecule is CC(C)(C(=O)O)C1CCN1S(C)(=O)=O. The maximum atomic E-state index is 11.2. The molecule has 14 heavy (non-hydrogen) atoms. The number of aliphatic carboxylic acids is 1. The molecule has 1 rings (SSSR count). The molecule has 82 valence electrons. The molecule has 1 fully saturated rings. The van der Waals surface area contributed by atoms with E-state index in [4.69, 9.17) is 5.11 Å². The molecular weight excluding hydrogens is 206 g/mol. The lowest BCUT2D eigenvalue weighted by Gasteiger charge is -2.45. The predicted octanol–water partition coefficient (Wildman–Crippen LogP) is 0.131. The Balaban J connectivity index is 2.88. The van der Waals surface area contributed by atoms with Crippen molar-refractivity contribution in [2.45, 2.75) is 26.3 Å². The van der Waals surface area contributed by atoms with Crippen LogP contribution in [0.5, 0.6) is 0 Å². The molecule has 0 spiro atoms. The van der Waals surface area contributed by atoms with Gasteiger partial charge in [-0.25, -0.2) is 8.42 Å². The molecule has 0 saturated carbocycles. The molecule has 0 radical (unpaired) electrons. The molecule has 0 amide bonds. The minimum Gasteiger partial charge on any atom is -0.481 e. The third-order valence-corrected chi connectivity index (χ3v) is 4.07. The van der Waals surface area contributed by atoms with E-state index in [0.29, 0.717) is 13.0 Å². The number of sulfonamides is 1. The average molecular weight is 221 g/mol. The Kier molecular flexibility index (Phi) is 2.62. The summed E-state index contributed by atoms with van der Waals surface area (Å²) in [6.07, 6.45) is 1.73. The molecule has 1 atom stereocenters. The second-order valence-electron chi connectivity index (χ2n) is 4.21. The van der Waals surface area contributed by atoms with Gasteiger partial charge in [-0.3, -0.25) is 4.79 Å². The fourth-order valence-electron chi connectivity index (χ4n) is 1.62. The summed E-state index contributed by atoms with van der Waals surface area (Å²) in [6, 6.07) is -0.407. The smallest absolute Gasteiger partial charge is 0.310 e. The van der Waals surface area contributed by atoms with Crippen molar-refractivity contribution in [3.05, 3.63) is 0 Å². The van der Waals surface area contributed by atoms with E-state index in [0.717, 1.165) is 6.26 Å². The van der Waals surface area contributed by atoms with Crippen LogP contribution in [0, 0.1) is 5.41 Å². The minimum absolute atomic E-state index is 0.407. The van der Waals surface area contributed by atoms with Gasteiger partial charge in [-0.05, 0) is 20.3 Å². The first-order chi connectivity index (χ1) is 6.17. The third-order valence-electron chi connectivity index (χ3n) is 2.78. The summed E-state index contributed by atoms with van der Waals surface area (Å²) in [6.45, 7) is 3.54. The molecular formula is C8H15NO4S. The molecule has 0 aromatic carbocycles. The minimum atomic E-state index is -3.26. The van der Waals surface area contributed by atoms with Crippen molar-refractivity contribution >= 4 is 16.0 Å². The Morgan fingerprint density at radius 1 is 1.50 bits per heavy atom. The molecule has 1 saturated heterocycles. The van der Waals surface area contributed by atoms with E-state index in [1.807, 2.05) is 0 Å². The molecule has 0 aliphatic carbocycles. The normalized spacial score (nSPS) is 24.4. The quantitative estimate of drug-likeness (QED) is 0.735. The van der Waals surface area contributed by atoms with Crippen molar-refractivity contribution in [3.8, 4) is 0 Å². The van der Waals surface area contributed by atoms with Gasteiger partial charge in [0.2, 0.25) is 10.0 Å². The van der Waals surface area contributed by atoms with Crippen molar-refractivity contribution in [1.82, 2.24) is 4.31 Å². The Hall–Kier alpha value is -0.620. The highest BCUT2D eigenvalue weighted by molar-refractivity contribution is 7.88. The summed E-state index contributed by atoms with van der Waals surface area (Å²) < 4.78 is 23.7. The van der Waals surface area contributed by atoms with Gasteiger partial charge >= 0.3 is 5.97 Å². The maximum absolute atomic E-state index is 11.2. The van der Waals surface area contributed by atoms with Crippen LogP contribution in [0.4, 0.5) is 0 Å². The van der Waals surface area contributed by atoms with Gasteiger partial charge in [0.25, 0.3) is 0 Å². The van der Waals surface area contributed by atoms with Crippen molar-refractivity contribution < 1.29 is 18.3 Å². The highest BCUT2D eigenvalue weighted by Gasteiger charge is 2.48. The Labute approximate surface area is 83.8 Å². The van der Waals surface area contributed by atoms with Crippen LogP contribution >= 0.6 is 0 Å². The summed E-state index contributed by atoms with van der Waals surface area (Å²) >= 11 is 0. The molecule has 0 aromatic heterocycles. The highest BCUT2D eigenvalue weighted by Crippen LogP contribution is 2.35. The van der Waals surface area contributed by atoms with Gasteiger partial charge < -0.3 is 5.11 Å². The van der Waals surface area contributed by atoms with Crippen LogP contribution in [0.25, 0.3) is 0 Å². The molecule has 0 bridgehead atoms. The number of carboxylic acid groups (broad SMARTS) is 1. The zero-order chi connectivity index (χ0) is 11.1. The van der Waals surface area contributed by atoms with Crippen LogP contribution in [0.3, 0.4) is 0 Å². The van der Waals surface area contributed by atoms with Crippen LogP contribution in [-0.4, -0.2) is 42.6 Å². The lowest BCUT2D eigenvalue weighted by molar-refractivity contribution is -0.152. The number of carbonyl (C=O) groups is 1. The first kappa shape index (κ1) is 11.5. The Morgan fingerprint density at radius 3 is 2.21 bits per heavy atom. The van der Waals surface area contributed by atoms with Crippen LogP contribution in [0.2, 0.25) is 0 Å². The van der Waals surface area contributed by atoms with Gasteiger partial charge in [-0.1, -0.05) is 0 Å². The second kappa shape index (κ2) is 3.20. The van der Waals surface area contributed by atoms with Crippen molar-refractivity contribution in [2.24, 2.45) is 5.41 Å².